The average Bonchev–Trinajstić information content (AvgIpc) is 3.12. The van der Waals surface area contributed by atoms with Crippen LogP contribution in [0.3, 0.4) is 0 Å². The lowest BCUT2D eigenvalue weighted by molar-refractivity contribution is -0.153. The predicted octanol–water partition coefficient (Wildman–Crippen LogP) is 5.50. The Kier molecular flexibility index (Phi) is 6.45. The van der Waals surface area contributed by atoms with Crippen LogP contribution in [0.4, 0.5) is 5.95 Å². The maximum atomic E-state index is 13.8. The molecule has 1 aliphatic heterocycles. The summed E-state index contributed by atoms with van der Waals surface area (Å²) in [5, 5.41) is 0.854. The number of ether oxygens (including phenoxy) is 1. The Hall–Kier alpha value is -2.57. The molecule has 4 rings (SSSR count). The minimum atomic E-state index is -1.09. The van der Waals surface area contributed by atoms with E-state index in [1.54, 1.807) is 30.0 Å². The Bertz CT molecular complexity index is 1170. The van der Waals surface area contributed by atoms with Crippen LogP contribution in [0.25, 0.3) is 11.0 Å². The molecule has 2 aromatic carbocycles. The van der Waals surface area contributed by atoms with E-state index in [1.165, 1.54) is 0 Å². The Morgan fingerprint density at radius 3 is 2.62 bits per heavy atom. The van der Waals surface area contributed by atoms with Gasteiger partial charge in [0.15, 0.2) is 5.92 Å². The zero-order valence-electron chi connectivity index (χ0n) is 18.2. The van der Waals surface area contributed by atoms with Crippen molar-refractivity contribution in [2.45, 2.75) is 33.2 Å². The molecule has 3 aromatic rings. The molecule has 2 atom stereocenters. The fourth-order valence-electron chi connectivity index (χ4n) is 4.17. The summed E-state index contributed by atoms with van der Waals surface area (Å²) >= 11 is 12.7. The molecule has 168 valence electrons. The Morgan fingerprint density at radius 2 is 1.94 bits per heavy atom. The summed E-state index contributed by atoms with van der Waals surface area (Å²) in [4.78, 5) is 33.3. The van der Waals surface area contributed by atoms with Gasteiger partial charge in [-0.1, -0.05) is 55.2 Å². The number of hydrogen-bond donors (Lipinski definition) is 0. The summed E-state index contributed by atoms with van der Waals surface area (Å²) in [7, 11) is 0. The van der Waals surface area contributed by atoms with Crippen molar-refractivity contribution in [3.8, 4) is 0 Å². The molecule has 0 spiro atoms. The molecule has 2 unspecified atom stereocenters. The van der Waals surface area contributed by atoms with Crippen molar-refractivity contribution in [1.82, 2.24) is 9.55 Å². The molecule has 32 heavy (non-hydrogen) atoms. The number of benzene rings is 2. The van der Waals surface area contributed by atoms with Crippen molar-refractivity contribution in [2.75, 3.05) is 18.1 Å². The molecule has 0 bridgehead atoms. The van der Waals surface area contributed by atoms with E-state index in [4.69, 9.17) is 32.9 Å². The van der Waals surface area contributed by atoms with Gasteiger partial charge in [0.25, 0.3) is 0 Å². The first-order valence-corrected chi connectivity index (χ1v) is 11.5. The second-order valence-corrected chi connectivity index (χ2v) is 9.13. The molecule has 0 aliphatic carbocycles. The minimum Gasteiger partial charge on any atom is -0.465 e. The first kappa shape index (κ1) is 22.6. The van der Waals surface area contributed by atoms with Crippen molar-refractivity contribution in [3.63, 3.8) is 0 Å². The number of imidazole rings is 1. The van der Waals surface area contributed by atoms with Crippen LogP contribution in [-0.4, -0.2) is 34.6 Å². The van der Waals surface area contributed by atoms with Crippen LogP contribution >= 0.6 is 23.2 Å². The Labute approximate surface area is 197 Å². The summed E-state index contributed by atoms with van der Waals surface area (Å²) < 4.78 is 7.29. The molecule has 8 heteroatoms. The number of halogens is 2. The number of esters is 1. The highest BCUT2D eigenvalue weighted by Crippen LogP contribution is 2.43. The second kappa shape index (κ2) is 9.12. The minimum absolute atomic E-state index is 0.174. The smallest absolute Gasteiger partial charge is 0.321 e. The van der Waals surface area contributed by atoms with Crippen molar-refractivity contribution in [1.29, 1.82) is 0 Å². The number of nitrogens with zero attached hydrogens (tertiary/aromatic N) is 3. The molecule has 6 nitrogen and oxygen atoms in total. The van der Waals surface area contributed by atoms with Crippen molar-refractivity contribution < 1.29 is 14.3 Å². The van der Waals surface area contributed by atoms with Crippen LogP contribution in [0, 0.1) is 11.8 Å². The largest absolute Gasteiger partial charge is 0.465 e. The third kappa shape index (κ3) is 3.97. The lowest BCUT2D eigenvalue weighted by Crippen LogP contribution is -2.50. The summed E-state index contributed by atoms with van der Waals surface area (Å²) in [6, 6.07) is 12.0. The standard InChI is InChI=1S/C24H25Cl2N3O3/c1-4-32-23(31)20-21(16-10-9-15(25)13-17(16)26)29-19-8-6-5-7-18(19)27-24(29)28(22(20)30)12-11-14(2)3/h5-10,13-14,20-21H,4,11-12H2,1-3H3. The van der Waals surface area contributed by atoms with Gasteiger partial charge in [-0.2, -0.15) is 0 Å². The maximum Gasteiger partial charge on any atom is 0.321 e. The van der Waals surface area contributed by atoms with Crippen LogP contribution in [0.15, 0.2) is 42.5 Å². The topological polar surface area (TPSA) is 64.4 Å². The zero-order chi connectivity index (χ0) is 23.0. The normalized spacial score (nSPS) is 18.3. The van der Waals surface area contributed by atoms with Gasteiger partial charge in [-0.15, -0.1) is 0 Å². The SMILES string of the molecule is CCOC(=O)C1C(=O)N(CCC(C)C)c2nc3ccccc3n2C1c1ccc(Cl)cc1Cl. The van der Waals surface area contributed by atoms with Crippen molar-refractivity contribution in [3.05, 3.63) is 58.1 Å². The lowest BCUT2D eigenvalue weighted by Gasteiger charge is -2.38. The van der Waals surface area contributed by atoms with Crippen LogP contribution in [-0.2, 0) is 14.3 Å². The third-order valence-electron chi connectivity index (χ3n) is 5.70. The highest BCUT2D eigenvalue weighted by atomic mass is 35.5. The molecular weight excluding hydrogens is 449 g/mol. The highest BCUT2D eigenvalue weighted by Gasteiger charge is 2.48. The van der Waals surface area contributed by atoms with Gasteiger partial charge in [0, 0.05) is 16.6 Å². The fraction of sp³-hybridized carbons (Fsp3) is 0.375. The number of para-hydroxylation sites is 2. The molecule has 0 radical (unpaired) electrons. The monoisotopic (exact) mass is 473 g/mol. The van der Waals surface area contributed by atoms with Gasteiger partial charge < -0.3 is 9.30 Å². The predicted molar refractivity (Wildman–Crippen MR) is 126 cm³/mol. The van der Waals surface area contributed by atoms with E-state index in [1.807, 2.05) is 28.8 Å². The Morgan fingerprint density at radius 1 is 1.19 bits per heavy atom. The van der Waals surface area contributed by atoms with Gasteiger partial charge in [-0.25, -0.2) is 4.98 Å². The van der Waals surface area contributed by atoms with Gasteiger partial charge >= 0.3 is 5.97 Å². The summed E-state index contributed by atoms with van der Waals surface area (Å²) in [6.45, 7) is 6.54. The van der Waals surface area contributed by atoms with E-state index in [0.29, 0.717) is 34.0 Å². The van der Waals surface area contributed by atoms with Crippen LogP contribution in [0.2, 0.25) is 10.0 Å². The first-order valence-electron chi connectivity index (χ1n) is 10.7. The fourth-order valence-corrected chi connectivity index (χ4v) is 4.69. The van der Waals surface area contributed by atoms with Gasteiger partial charge in [-0.3, -0.25) is 14.5 Å². The number of hydrogen-bond acceptors (Lipinski definition) is 4. The quantitative estimate of drug-likeness (QED) is 0.349. The second-order valence-electron chi connectivity index (χ2n) is 8.28. The average molecular weight is 474 g/mol. The lowest BCUT2D eigenvalue weighted by atomic mass is 9.89. The van der Waals surface area contributed by atoms with Crippen LogP contribution < -0.4 is 4.90 Å². The summed E-state index contributed by atoms with van der Waals surface area (Å²) in [5.74, 6) is -1.11. The number of rotatable bonds is 6. The molecule has 1 aromatic heterocycles. The Balaban J connectivity index is 1.99. The number of amides is 1. The van der Waals surface area contributed by atoms with Crippen molar-refractivity contribution >= 4 is 52.1 Å². The van der Waals surface area contributed by atoms with E-state index in [9.17, 15) is 9.59 Å². The van der Waals surface area contributed by atoms with E-state index >= 15 is 0 Å². The first-order chi connectivity index (χ1) is 15.3. The van der Waals surface area contributed by atoms with Crippen LogP contribution in [0.5, 0.6) is 0 Å². The van der Waals surface area contributed by atoms with E-state index in [-0.39, 0.29) is 12.5 Å². The molecule has 0 saturated heterocycles. The van der Waals surface area contributed by atoms with E-state index in [2.05, 4.69) is 13.8 Å². The molecule has 2 heterocycles. The number of aromatic nitrogens is 2. The van der Waals surface area contributed by atoms with Gasteiger partial charge in [0.05, 0.1) is 23.7 Å². The molecule has 1 aliphatic rings. The van der Waals surface area contributed by atoms with Gasteiger partial charge in [-0.05, 0) is 49.1 Å². The van der Waals surface area contributed by atoms with Crippen LogP contribution in [0.1, 0.15) is 38.8 Å². The summed E-state index contributed by atoms with van der Waals surface area (Å²) in [6.07, 6.45) is 0.775. The third-order valence-corrected chi connectivity index (χ3v) is 6.26. The van der Waals surface area contributed by atoms with Gasteiger partial charge in [0.1, 0.15) is 0 Å². The maximum absolute atomic E-state index is 13.8. The summed E-state index contributed by atoms with van der Waals surface area (Å²) in [5.41, 5.74) is 2.18. The van der Waals surface area contributed by atoms with E-state index < -0.39 is 17.9 Å². The molecule has 0 fully saturated rings. The number of carbonyl (C=O) groups excluding carboxylic acids is 2. The number of carbonyl (C=O) groups is 2. The number of fused-ring (bicyclic) bond motifs is 3. The zero-order valence-corrected chi connectivity index (χ0v) is 19.7. The van der Waals surface area contributed by atoms with Gasteiger partial charge in [0.2, 0.25) is 11.9 Å². The highest BCUT2D eigenvalue weighted by molar-refractivity contribution is 6.35. The molecule has 0 N–H and O–H groups in total. The van der Waals surface area contributed by atoms with E-state index in [0.717, 1.165) is 17.5 Å². The number of anilines is 1. The van der Waals surface area contributed by atoms with Crippen molar-refractivity contribution in [2.24, 2.45) is 11.8 Å². The molecule has 1 amide bonds. The molecule has 0 saturated carbocycles. The molecular formula is C24H25Cl2N3O3.